The van der Waals surface area contributed by atoms with Crippen LogP contribution in [0.15, 0.2) is 42.7 Å². The summed E-state index contributed by atoms with van der Waals surface area (Å²) in [6, 6.07) is 12.5. The Morgan fingerprint density at radius 2 is 1.97 bits per heavy atom. The third-order valence-corrected chi connectivity index (χ3v) is 7.57. The van der Waals surface area contributed by atoms with E-state index in [0.29, 0.717) is 5.92 Å². The molecule has 0 radical (unpaired) electrons. The van der Waals surface area contributed by atoms with Crippen LogP contribution in [-0.2, 0) is 19.3 Å². The van der Waals surface area contributed by atoms with Crippen LogP contribution in [0.2, 0.25) is 0 Å². The predicted octanol–water partition coefficient (Wildman–Crippen LogP) is 5.77. The van der Waals surface area contributed by atoms with Crippen molar-refractivity contribution < 1.29 is 9.90 Å². The number of aromatic amines is 1. The second-order valence-corrected chi connectivity index (χ2v) is 10.8. The summed E-state index contributed by atoms with van der Waals surface area (Å²) in [5.41, 5.74) is 10.3. The highest BCUT2D eigenvalue weighted by Gasteiger charge is 2.31. The van der Waals surface area contributed by atoms with Gasteiger partial charge in [0, 0.05) is 23.8 Å². The fraction of sp³-hybridized carbons (Fsp3) is 0.357. The van der Waals surface area contributed by atoms with Gasteiger partial charge in [0.15, 0.2) is 0 Å². The van der Waals surface area contributed by atoms with E-state index in [9.17, 15) is 4.79 Å². The van der Waals surface area contributed by atoms with Crippen LogP contribution in [0, 0.1) is 5.41 Å². The zero-order valence-corrected chi connectivity index (χ0v) is 20.6. The smallest absolute Gasteiger partial charge is 0.411 e. The van der Waals surface area contributed by atoms with Gasteiger partial charge in [-0.2, -0.15) is 0 Å². The van der Waals surface area contributed by atoms with Crippen molar-refractivity contribution in [3.05, 3.63) is 65.2 Å². The number of amides is 1. The Bertz CT molecular complexity index is 1470. The van der Waals surface area contributed by atoms with Crippen LogP contribution in [0.3, 0.4) is 0 Å². The number of anilines is 2. The minimum Gasteiger partial charge on any atom is -0.465 e. The molecular formula is C28H30N6O2. The van der Waals surface area contributed by atoms with Crippen molar-refractivity contribution in [2.24, 2.45) is 5.41 Å². The number of nitrogens with zero attached hydrogens (tertiary/aromatic N) is 3. The molecule has 0 spiro atoms. The lowest BCUT2D eigenvalue weighted by Crippen LogP contribution is -2.26. The second kappa shape index (κ2) is 8.62. The summed E-state index contributed by atoms with van der Waals surface area (Å²) in [4.78, 5) is 27.8. The molecule has 184 valence electrons. The quantitative estimate of drug-likeness (QED) is 0.295. The lowest BCUT2D eigenvalue weighted by Gasteiger charge is -2.32. The van der Waals surface area contributed by atoms with E-state index in [0.717, 1.165) is 54.4 Å². The molecule has 8 heteroatoms. The highest BCUT2D eigenvalue weighted by atomic mass is 16.4. The highest BCUT2D eigenvalue weighted by Crippen LogP contribution is 2.40. The number of benzene rings is 2. The van der Waals surface area contributed by atoms with Crippen LogP contribution in [0.25, 0.3) is 22.2 Å². The Morgan fingerprint density at radius 1 is 1.14 bits per heavy atom. The number of carbonyl (C=O) groups is 1. The summed E-state index contributed by atoms with van der Waals surface area (Å²) >= 11 is 0. The molecular weight excluding hydrogens is 452 g/mol. The summed E-state index contributed by atoms with van der Waals surface area (Å²) < 4.78 is 0. The van der Waals surface area contributed by atoms with Gasteiger partial charge >= 0.3 is 6.09 Å². The maximum Gasteiger partial charge on any atom is 0.411 e. The van der Waals surface area contributed by atoms with Gasteiger partial charge in [0.1, 0.15) is 6.33 Å². The third-order valence-electron chi connectivity index (χ3n) is 7.57. The predicted molar refractivity (Wildman–Crippen MR) is 141 cm³/mol. The zero-order chi connectivity index (χ0) is 24.9. The minimum atomic E-state index is -1.14. The summed E-state index contributed by atoms with van der Waals surface area (Å²) in [5, 5.41) is 14.9. The fourth-order valence-corrected chi connectivity index (χ4v) is 5.69. The first-order valence-corrected chi connectivity index (χ1v) is 12.5. The van der Waals surface area contributed by atoms with E-state index in [2.05, 4.69) is 57.6 Å². The van der Waals surface area contributed by atoms with Crippen LogP contribution in [0.4, 0.5) is 16.4 Å². The molecule has 6 rings (SSSR count). The van der Waals surface area contributed by atoms with Gasteiger partial charge in [-0.1, -0.05) is 26.0 Å². The number of carboxylic acid groups (broad SMARTS) is 1. The molecule has 2 aromatic heterocycles. The van der Waals surface area contributed by atoms with Crippen molar-refractivity contribution in [2.45, 2.75) is 51.9 Å². The van der Waals surface area contributed by atoms with E-state index in [-0.39, 0.29) is 11.4 Å². The average Bonchev–Trinajstić information content (AvgIpc) is 3.11. The Balaban J connectivity index is 1.33. The van der Waals surface area contributed by atoms with Gasteiger partial charge in [0.25, 0.3) is 0 Å². The molecule has 36 heavy (non-hydrogen) atoms. The Morgan fingerprint density at radius 3 is 2.83 bits per heavy atom. The summed E-state index contributed by atoms with van der Waals surface area (Å²) in [6.45, 7) is 5.61. The minimum absolute atomic E-state index is 0.222. The van der Waals surface area contributed by atoms with E-state index in [1.165, 1.54) is 34.6 Å². The van der Waals surface area contributed by atoms with Crippen LogP contribution < -0.4 is 10.6 Å². The fourth-order valence-electron chi connectivity index (χ4n) is 5.69. The molecule has 0 saturated carbocycles. The van der Waals surface area contributed by atoms with Gasteiger partial charge in [0.05, 0.1) is 16.7 Å². The van der Waals surface area contributed by atoms with Crippen molar-refractivity contribution in [1.82, 2.24) is 19.9 Å². The van der Waals surface area contributed by atoms with E-state index >= 15 is 0 Å². The van der Waals surface area contributed by atoms with Crippen LogP contribution in [-0.4, -0.2) is 37.7 Å². The molecule has 4 aromatic rings. The first-order chi connectivity index (χ1) is 17.3. The molecule has 2 aliphatic rings. The number of aromatic nitrogens is 4. The molecule has 3 heterocycles. The first-order valence-electron chi connectivity index (χ1n) is 12.5. The molecule has 0 saturated heterocycles. The molecule has 1 aliphatic carbocycles. The molecule has 1 atom stereocenters. The Hall–Kier alpha value is -3.94. The molecule has 0 bridgehead atoms. The maximum absolute atomic E-state index is 11.0. The Kier molecular flexibility index (Phi) is 5.39. The van der Waals surface area contributed by atoms with Gasteiger partial charge in [-0.25, -0.2) is 19.7 Å². The number of fused-ring (bicyclic) bond motifs is 3. The van der Waals surface area contributed by atoms with E-state index < -0.39 is 6.09 Å². The third kappa shape index (κ3) is 4.27. The van der Waals surface area contributed by atoms with Crippen LogP contribution >= 0.6 is 0 Å². The molecule has 8 nitrogen and oxygen atoms in total. The molecule has 0 fully saturated rings. The molecule has 1 amide bonds. The first kappa shape index (κ1) is 22.5. The molecule has 1 unspecified atom stereocenters. The normalized spacial score (nSPS) is 18.6. The summed E-state index contributed by atoms with van der Waals surface area (Å²) in [6.07, 6.45) is 5.82. The van der Waals surface area contributed by atoms with Crippen molar-refractivity contribution in [3.63, 3.8) is 0 Å². The van der Waals surface area contributed by atoms with Crippen molar-refractivity contribution in [2.75, 3.05) is 17.2 Å². The number of aryl methyl sites for hydroxylation is 1. The second-order valence-electron chi connectivity index (χ2n) is 10.8. The van der Waals surface area contributed by atoms with E-state index in [1.807, 2.05) is 18.2 Å². The largest absolute Gasteiger partial charge is 0.465 e. The number of nitrogens with one attached hydrogen (secondary N) is 3. The average molecular weight is 483 g/mol. The van der Waals surface area contributed by atoms with Gasteiger partial charge in [-0.05, 0) is 84.0 Å². The van der Waals surface area contributed by atoms with Crippen LogP contribution in [0.1, 0.15) is 55.1 Å². The standard InChI is InChI=1S/C28H30N6O2/c1-28(2)9-7-22-20(14-28)25(31-15-30-22)18-8-10-29-21-5-3-16(11-19(21)12-18)17-4-6-23-24(13-17)33-26(32-23)34-27(35)36/h3-6,11,13,15,18,29H,7-10,12,14H2,1-2H3,(H,35,36)(H2,32,33,34). The maximum atomic E-state index is 11.0. The van der Waals surface area contributed by atoms with Gasteiger partial charge in [0.2, 0.25) is 5.95 Å². The number of H-pyrrole nitrogens is 1. The molecule has 2 aromatic carbocycles. The summed E-state index contributed by atoms with van der Waals surface area (Å²) in [7, 11) is 0. The van der Waals surface area contributed by atoms with E-state index in [4.69, 9.17) is 10.1 Å². The topological polar surface area (TPSA) is 116 Å². The number of imidazole rings is 1. The van der Waals surface area contributed by atoms with Gasteiger partial charge in [-0.3, -0.25) is 5.32 Å². The molecule has 4 N–H and O–H groups in total. The van der Waals surface area contributed by atoms with Crippen molar-refractivity contribution in [1.29, 1.82) is 0 Å². The number of hydrogen-bond acceptors (Lipinski definition) is 5. The Labute approximate surface area is 209 Å². The van der Waals surface area contributed by atoms with Gasteiger partial charge < -0.3 is 15.4 Å². The SMILES string of the molecule is CC1(C)CCc2ncnc(C3CCNc4ccc(-c5ccc6nc(NC(=O)O)[nH]c6c5)cc4C3)c2C1. The summed E-state index contributed by atoms with van der Waals surface area (Å²) in [5.74, 6) is 0.569. The van der Waals surface area contributed by atoms with E-state index in [1.54, 1.807) is 6.33 Å². The lowest BCUT2D eigenvalue weighted by molar-refractivity contribution is 0.209. The lowest BCUT2D eigenvalue weighted by atomic mass is 9.74. The number of hydrogen-bond donors (Lipinski definition) is 4. The van der Waals surface area contributed by atoms with Crippen molar-refractivity contribution >= 4 is 28.8 Å². The zero-order valence-electron chi connectivity index (χ0n) is 20.6. The highest BCUT2D eigenvalue weighted by molar-refractivity contribution is 5.87. The monoisotopic (exact) mass is 482 g/mol. The molecule has 1 aliphatic heterocycles. The van der Waals surface area contributed by atoms with Gasteiger partial charge in [-0.15, -0.1) is 0 Å². The van der Waals surface area contributed by atoms with Crippen molar-refractivity contribution in [3.8, 4) is 11.1 Å². The van der Waals surface area contributed by atoms with Crippen LogP contribution in [0.5, 0.6) is 0 Å². The number of rotatable bonds is 3.